The topological polar surface area (TPSA) is 46.5 Å². The summed E-state index contributed by atoms with van der Waals surface area (Å²) >= 11 is 0. The standard InChI is InChI=1S/C21H26O3/c1-14(2)13-24-18-9-7-17(8-10-18)12-20(21(22)23)19-11-15(3)5-6-16(19)4/h5-11,14,20H,12-13H2,1-4H3,(H,22,23). The number of carbonyl (C=O) groups is 1. The Morgan fingerprint density at radius 3 is 2.33 bits per heavy atom. The normalized spacial score (nSPS) is 12.2. The minimum atomic E-state index is -0.788. The van der Waals surface area contributed by atoms with E-state index in [1.54, 1.807) is 0 Å². The highest BCUT2D eigenvalue weighted by atomic mass is 16.5. The van der Waals surface area contributed by atoms with Crippen molar-refractivity contribution in [1.82, 2.24) is 0 Å². The molecule has 3 nitrogen and oxygen atoms in total. The number of hydrogen-bond donors (Lipinski definition) is 1. The molecule has 3 heteroatoms. The minimum Gasteiger partial charge on any atom is -0.493 e. The molecule has 0 saturated carbocycles. The monoisotopic (exact) mass is 326 g/mol. The molecular weight excluding hydrogens is 300 g/mol. The molecule has 2 aromatic carbocycles. The number of aryl methyl sites for hydroxylation is 2. The van der Waals surface area contributed by atoms with Gasteiger partial charge in [-0.3, -0.25) is 4.79 Å². The first kappa shape index (κ1) is 18.1. The Bertz CT molecular complexity index is 687. The second-order valence-electron chi connectivity index (χ2n) is 6.80. The molecule has 0 aliphatic carbocycles. The fourth-order valence-electron chi connectivity index (χ4n) is 2.69. The summed E-state index contributed by atoms with van der Waals surface area (Å²) in [5, 5.41) is 9.68. The first-order chi connectivity index (χ1) is 11.4. The molecule has 1 atom stereocenters. The van der Waals surface area contributed by atoms with E-state index in [4.69, 9.17) is 4.74 Å². The van der Waals surface area contributed by atoms with Gasteiger partial charge < -0.3 is 9.84 Å². The number of benzene rings is 2. The number of carboxylic acids is 1. The van der Waals surface area contributed by atoms with E-state index in [2.05, 4.69) is 13.8 Å². The van der Waals surface area contributed by atoms with Gasteiger partial charge in [0.15, 0.2) is 0 Å². The van der Waals surface area contributed by atoms with Crippen LogP contribution in [0.4, 0.5) is 0 Å². The quantitative estimate of drug-likeness (QED) is 0.798. The van der Waals surface area contributed by atoms with E-state index in [0.717, 1.165) is 28.0 Å². The van der Waals surface area contributed by atoms with Gasteiger partial charge in [0.05, 0.1) is 12.5 Å². The molecular formula is C21H26O3. The summed E-state index contributed by atoms with van der Waals surface area (Å²) in [6, 6.07) is 13.7. The van der Waals surface area contributed by atoms with E-state index in [-0.39, 0.29) is 0 Å². The molecule has 1 unspecified atom stereocenters. The Morgan fingerprint density at radius 1 is 1.08 bits per heavy atom. The third-order valence-electron chi connectivity index (χ3n) is 4.05. The lowest BCUT2D eigenvalue weighted by Crippen LogP contribution is -2.16. The molecule has 0 aromatic heterocycles. The highest BCUT2D eigenvalue weighted by Crippen LogP contribution is 2.26. The number of hydrogen-bond acceptors (Lipinski definition) is 2. The van der Waals surface area contributed by atoms with Crippen LogP contribution in [0, 0.1) is 19.8 Å². The van der Waals surface area contributed by atoms with Crippen molar-refractivity contribution in [3.8, 4) is 5.75 Å². The number of aliphatic carboxylic acids is 1. The second-order valence-corrected chi connectivity index (χ2v) is 6.80. The zero-order valence-electron chi connectivity index (χ0n) is 14.9. The van der Waals surface area contributed by atoms with Gasteiger partial charge >= 0.3 is 5.97 Å². The van der Waals surface area contributed by atoms with Crippen LogP contribution in [0.1, 0.15) is 42.0 Å². The van der Waals surface area contributed by atoms with E-state index in [9.17, 15) is 9.90 Å². The Morgan fingerprint density at radius 2 is 1.75 bits per heavy atom. The maximum absolute atomic E-state index is 11.8. The predicted octanol–water partition coefficient (Wildman–Crippen LogP) is 4.75. The first-order valence-electron chi connectivity index (χ1n) is 8.38. The average molecular weight is 326 g/mol. The highest BCUT2D eigenvalue weighted by molar-refractivity contribution is 5.77. The molecule has 0 fully saturated rings. The zero-order valence-corrected chi connectivity index (χ0v) is 14.9. The summed E-state index contributed by atoms with van der Waals surface area (Å²) in [4.78, 5) is 11.8. The van der Waals surface area contributed by atoms with Crippen molar-refractivity contribution in [3.05, 3.63) is 64.7 Å². The molecule has 0 saturated heterocycles. The van der Waals surface area contributed by atoms with Crippen molar-refractivity contribution < 1.29 is 14.6 Å². The Labute approximate surface area is 144 Å². The third kappa shape index (κ3) is 4.85. The first-order valence-corrected chi connectivity index (χ1v) is 8.38. The Kier molecular flexibility index (Phi) is 6.02. The van der Waals surface area contributed by atoms with Crippen molar-refractivity contribution in [2.75, 3.05) is 6.61 Å². The van der Waals surface area contributed by atoms with Crippen molar-refractivity contribution >= 4 is 5.97 Å². The van der Waals surface area contributed by atoms with Crippen molar-refractivity contribution in [2.45, 2.75) is 40.0 Å². The summed E-state index contributed by atoms with van der Waals surface area (Å²) in [7, 11) is 0. The lowest BCUT2D eigenvalue weighted by molar-refractivity contribution is -0.138. The smallest absolute Gasteiger partial charge is 0.311 e. The van der Waals surface area contributed by atoms with Gasteiger partial charge in [0.25, 0.3) is 0 Å². The molecule has 128 valence electrons. The maximum Gasteiger partial charge on any atom is 0.311 e. The second kappa shape index (κ2) is 8.00. The molecule has 0 amide bonds. The van der Waals surface area contributed by atoms with E-state index in [0.29, 0.717) is 18.9 Å². The van der Waals surface area contributed by atoms with Crippen LogP contribution < -0.4 is 4.74 Å². The summed E-state index contributed by atoms with van der Waals surface area (Å²) in [5.74, 6) is -0.0207. The molecule has 0 aliphatic rings. The van der Waals surface area contributed by atoms with Gasteiger partial charge in [0, 0.05) is 0 Å². The predicted molar refractivity (Wildman–Crippen MR) is 96.8 cm³/mol. The zero-order chi connectivity index (χ0) is 17.7. The van der Waals surface area contributed by atoms with Gasteiger partial charge in [-0.15, -0.1) is 0 Å². The van der Waals surface area contributed by atoms with Crippen molar-refractivity contribution in [1.29, 1.82) is 0 Å². The van der Waals surface area contributed by atoms with Gasteiger partial charge in [-0.05, 0) is 55.0 Å². The number of carboxylic acid groups (broad SMARTS) is 1. The fraction of sp³-hybridized carbons (Fsp3) is 0.381. The van der Waals surface area contributed by atoms with Crippen LogP contribution in [0.2, 0.25) is 0 Å². The van der Waals surface area contributed by atoms with Crippen LogP contribution in [-0.2, 0) is 11.2 Å². The van der Waals surface area contributed by atoms with E-state index >= 15 is 0 Å². The molecule has 0 radical (unpaired) electrons. The number of ether oxygens (including phenoxy) is 1. The molecule has 0 aliphatic heterocycles. The van der Waals surface area contributed by atoms with Crippen LogP contribution in [-0.4, -0.2) is 17.7 Å². The summed E-state index contributed by atoms with van der Waals surface area (Å²) in [6.07, 6.45) is 0.476. The van der Waals surface area contributed by atoms with E-state index in [1.807, 2.05) is 56.3 Å². The van der Waals surface area contributed by atoms with Gasteiger partial charge in [0.1, 0.15) is 5.75 Å². The van der Waals surface area contributed by atoms with Crippen LogP contribution in [0.3, 0.4) is 0 Å². The minimum absolute atomic E-state index is 0.476. The average Bonchev–Trinajstić information content (AvgIpc) is 2.54. The Balaban J connectivity index is 2.16. The fourth-order valence-corrected chi connectivity index (χ4v) is 2.69. The Hall–Kier alpha value is -2.29. The molecule has 2 rings (SSSR count). The van der Waals surface area contributed by atoms with Gasteiger partial charge in [-0.1, -0.05) is 49.7 Å². The highest BCUT2D eigenvalue weighted by Gasteiger charge is 2.22. The molecule has 2 aromatic rings. The van der Waals surface area contributed by atoms with Crippen LogP contribution >= 0.6 is 0 Å². The largest absolute Gasteiger partial charge is 0.493 e. The van der Waals surface area contributed by atoms with Gasteiger partial charge in [-0.2, -0.15) is 0 Å². The number of rotatable bonds is 7. The van der Waals surface area contributed by atoms with Gasteiger partial charge in [0.2, 0.25) is 0 Å². The van der Waals surface area contributed by atoms with Crippen molar-refractivity contribution in [2.24, 2.45) is 5.92 Å². The molecule has 0 bridgehead atoms. The molecule has 0 spiro atoms. The molecule has 0 heterocycles. The summed E-state index contributed by atoms with van der Waals surface area (Å²) in [6.45, 7) is 8.85. The SMILES string of the molecule is Cc1ccc(C)c(C(Cc2ccc(OCC(C)C)cc2)C(=O)O)c1. The van der Waals surface area contributed by atoms with Gasteiger partial charge in [-0.25, -0.2) is 0 Å². The van der Waals surface area contributed by atoms with E-state index < -0.39 is 11.9 Å². The van der Waals surface area contributed by atoms with E-state index in [1.165, 1.54) is 0 Å². The summed E-state index contributed by atoms with van der Waals surface area (Å²) < 4.78 is 5.68. The summed E-state index contributed by atoms with van der Waals surface area (Å²) in [5.41, 5.74) is 3.99. The van der Waals surface area contributed by atoms with Crippen LogP contribution in [0.5, 0.6) is 5.75 Å². The lowest BCUT2D eigenvalue weighted by atomic mass is 9.88. The maximum atomic E-state index is 11.8. The van der Waals surface area contributed by atoms with Crippen molar-refractivity contribution in [3.63, 3.8) is 0 Å². The van der Waals surface area contributed by atoms with Crippen LogP contribution in [0.25, 0.3) is 0 Å². The third-order valence-corrected chi connectivity index (χ3v) is 4.05. The lowest BCUT2D eigenvalue weighted by Gasteiger charge is -2.17. The molecule has 1 N–H and O–H groups in total. The molecule has 24 heavy (non-hydrogen) atoms. The van der Waals surface area contributed by atoms with Crippen LogP contribution in [0.15, 0.2) is 42.5 Å².